The van der Waals surface area contributed by atoms with E-state index in [9.17, 15) is 9.59 Å². The Kier molecular flexibility index (Phi) is 4.79. The van der Waals surface area contributed by atoms with Gasteiger partial charge in [-0.15, -0.1) is 0 Å². The lowest BCUT2D eigenvalue weighted by Gasteiger charge is -2.09. The molecule has 3 rings (SSSR count). The van der Waals surface area contributed by atoms with Gasteiger partial charge in [0.15, 0.2) is 0 Å². The van der Waals surface area contributed by atoms with Crippen LogP contribution in [-0.2, 0) is 22.6 Å². The van der Waals surface area contributed by atoms with Crippen LogP contribution in [0.15, 0.2) is 48.5 Å². The number of para-hydroxylation sites is 2. The number of esters is 1. The molecule has 3 aromatic rings. The highest BCUT2D eigenvalue weighted by Gasteiger charge is 2.15. The number of benzene rings is 2. The highest BCUT2D eigenvalue weighted by Crippen LogP contribution is 2.16. The minimum atomic E-state index is -0.366. The molecule has 0 saturated heterocycles. The van der Waals surface area contributed by atoms with Crippen molar-refractivity contribution in [2.24, 2.45) is 0 Å². The van der Waals surface area contributed by atoms with Gasteiger partial charge in [0, 0.05) is 5.56 Å². The van der Waals surface area contributed by atoms with Crippen LogP contribution in [0, 0.1) is 6.92 Å². The van der Waals surface area contributed by atoms with E-state index in [0.29, 0.717) is 11.4 Å². The number of fused-ring (bicyclic) bond motifs is 1. The number of aromatic nitrogens is 2. The van der Waals surface area contributed by atoms with E-state index in [0.717, 1.165) is 16.6 Å². The molecular formula is C19H19N3O3. The van der Waals surface area contributed by atoms with Gasteiger partial charge in [-0.05, 0) is 31.2 Å². The number of carbonyl (C=O) groups is 2. The summed E-state index contributed by atoms with van der Waals surface area (Å²) < 4.78 is 6.52. The average Bonchev–Trinajstić information content (AvgIpc) is 2.97. The molecule has 2 aromatic carbocycles. The van der Waals surface area contributed by atoms with Crippen LogP contribution < -0.4 is 5.32 Å². The standard InChI is InChI=1S/C19H19N3O3/c1-13-6-5-7-14(10-13)19(24)20-11-17-21-15-8-3-4-9-16(15)22(17)12-18(23)25-2/h3-10H,11-12H2,1-2H3,(H,20,24). The summed E-state index contributed by atoms with van der Waals surface area (Å²) in [5.41, 5.74) is 3.21. The first-order chi connectivity index (χ1) is 12.1. The zero-order valence-electron chi connectivity index (χ0n) is 14.2. The van der Waals surface area contributed by atoms with E-state index in [1.807, 2.05) is 49.4 Å². The largest absolute Gasteiger partial charge is 0.468 e. The molecule has 0 radical (unpaired) electrons. The Morgan fingerprint density at radius 2 is 1.96 bits per heavy atom. The lowest BCUT2D eigenvalue weighted by Crippen LogP contribution is -2.25. The molecule has 1 aromatic heterocycles. The van der Waals surface area contributed by atoms with Crippen molar-refractivity contribution in [2.45, 2.75) is 20.0 Å². The highest BCUT2D eigenvalue weighted by atomic mass is 16.5. The van der Waals surface area contributed by atoms with Crippen molar-refractivity contribution in [1.29, 1.82) is 0 Å². The molecule has 6 heteroatoms. The average molecular weight is 337 g/mol. The molecule has 0 aliphatic rings. The van der Waals surface area contributed by atoms with Crippen LogP contribution in [0.5, 0.6) is 0 Å². The first-order valence-electron chi connectivity index (χ1n) is 7.94. The molecule has 1 amide bonds. The molecular weight excluding hydrogens is 318 g/mol. The van der Waals surface area contributed by atoms with Gasteiger partial charge < -0.3 is 14.6 Å². The molecule has 25 heavy (non-hydrogen) atoms. The Bertz CT molecular complexity index is 931. The molecule has 0 atom stereocenters. The van der Waals surface area contributed by atoms with E-state index in [1.165, 1.54) is 7.11 Å². The second kappa shape index (κ2) is 7.17. The zero-order chi connectivity index (χ0) is 17.8. The fourth-order valence-electron chi connectivity index (χ4n) is 2.68. The summed E-state index contributed by atoms with van der Waals surface area (Å²) in [5, 5.41) is 2.86. The number of rotatable bonds is 5. The lowest BCUT2D eigenvalue weighted by molar-refractivity contribution is -0.141. The van der Waals surface area contributed by atoms with Crippen LogP contribution in [0.2, 0.25) is 0 Å². The summed E-state index contributed by atoms with van der Waals surface area (Å²) in [4.78, 5) is 28.6. The summed E-state index contributed by atoms with van der Waals surface area (Å²) in [5.74, 6) is 0.0578. The van der Waals surface area contributed by atoms with Crippen LogP contribution in [0.25, 0.3) is 11.0 Å². The van der Waals surface area contributed by atoms with Crippen LogP contribution in [0.4, 0.5) is 0 Å². The number of nitrogens with zero attached hydrogens (tertiary/aromatic N) is 2. The number of hydrogen-bond acceptors (Lipinski definition) is 4. The van der Waals surface area contributed by atoms with E-state index in [4.69, 9.17) is 4.74 Å². The van der Waals surface area contributed by atoms with Crippen molar-refractivity contribution < 1.29 is 14.3 Å². The molecule has 1 heterocycles. The summed E-state index contributed by atoms with van der Waals surface area (Å²) >= 11 is 0. The van der Waals surface area contributed by atoms with Crippen molar-refractivity contribution in [1.82, 2.24) is 14.9 Å². The quantitative estimate of drug-likeness (QED) is 0.726. The number of hydrogen-bond donors (Lipinski definition) is 1. The van der Waals surface area contributed by atoms with E-state index in [2.05, 4.69) is 10.3 Å². The molecule has 0 aliphatic heterocycles. The van der Waals surface area contributed by atoms with E-state index in [1.54, 1.807) is 10.6 Å². The fraction of sp³-hybridized carbons (Fsp3) is 0.211. The molecule has 0 saturated carbocycles. The van der Waals surface area contributed by atoms with Crippen LogP contribution >= 0.6 is 0 Å². The predicted molar refractivity (Wildman–Crippen MR) is 94.1 cm³/mol. The molecule has 0 unspecified atom stereocenters. The van der Waals surface area contributed by atoms with Crippen LogP contribution in [0.1, 0.15) is 21.7 Å². The third-order valence-corrected chi connectivity index (χ3v) is 3.94. The fourth-order valence-corrected chi connectivity index (χ4v) is 2.68. The van der Waals surface area contributed by atoms with Gasteiger partial charge in [0.05, 0.1) is 24.7 Å². The maximum Gasteiger partial charge on any atom is 0.325 e. The van der Waals surface area contributed by atoms with Gasteiger partial charge in [0.25, 0.3) is 5.91 Å². The summed E-state index contributed by atoms with van der Waals surface area (Å²) in [6, 6.07) is 14.9. The second-order valence-electron chi connectivity index (χ2n) is 5.73. The summed E-state index contributed by atoms with van der Waals surface area (Å²) in [6.07, 6.45) is 0. The predicted octanol–water partition coefficient (Wildman–Crippen LogP) is 2.45. The minimum Gasteiger partial charge on any atom is -0.468 e. The summed E-state index contributed by atoms with van der Waals surface area (Å²) in [7, 11) is 1.35. The maximum absolute atomic E-state index is 12.3. The Hall–Kier alpha value is -3.15. The third-order valence-electron chi connectivity index (χ3n) is 3.94. The van der Waals surface area contributed by atoms with Crippen molar-refractivity contribution >= 4 is 22.9 Å². The Morgan fingerprint density at radius 1 is 1.16 bits per heavy atom. The first kappa shape index (κ1) is 16.7. The van der Waals surface area contributed by atoms with Gasteiger partial charge in [0.1, 0.15) is 12.4 Å². The van der Waals surface area contributed by atoms with Crippen molar-refractivity contribution in [3.8, 4) is 0 Å². The Labute approximate surface area is 145 Å². The van der Waals surface area contributed by atoms with Gasteiger partial charge in [-0.3, -0.25) is 9.59 Å². The van der Waals surface area contributed by atoms with Gasteiger partial charge in [-0.2, -0.15) is 0 Å². The first-order valence-corrected chi connectivity index (χ1v) is 7.94. The zero-order valence-corrected chi connectivity index (χ0v) is 14.2. The SMILES string of the molecule is COC(=O)Cn1c(CNC(=O)c2cccc(C)c2)nc2ccccc21. The Morgan fingerprint density at radius 3 is 2.72 bits per heavy atom. The molecule has 0 spiro atoms. The van der Waals surface area contributed by atoms with E-state index >= 15 is 0 Å². The number of methoxy groups -OCH3 is 1. The number of aryl methyl sites for hydroxylation is 1. The molecule has 6 nitrogen and oxygen atoms in total. The van der Waals surface area contributed by atoms with Crippen molar-refractivity contribution in [2.75, 3.05) is 7.11 Å². The van der Waals surface area contributed by atoms with Crippen LogP contribution in [-0.4, -0.2) is 28.5 Å². The number of nitrogens with one attached hydrogen (secondary N) is 1. The van der Waals surface area contributed by atoms with Gasteiger partial charge >= 0.3 is 5.97 Å². The van der Waals surface area contributed by atoms with E-state index < -0.39 is 0 Å². The second-order valence-corrected chi connectivity index (χ2v) is 5.73. The topological polar surface area (TPSA) is 73.2 Å². The molecule has 0 aliphatic carbocycles. The van der Waals surface area contributed by atoms with E-state index in [-0.39, 0.29) is 25.0 Å². The normalized spacial score (nSPS) is 10.6. The minimum absolute atomic E-state index is 0.0483. The number of ether oxygens (including phenoxy) is 1. The number of amides is 1. The lowest BCUT2D eigenvalue weighted by atomic mass is 10.1. The molecule has 0 bridgehead atoms. The van der Waals surface area contributed by atoms with Gasteiger partial charge in [0.2, 0.25) is 0 Å². The molecule has 1 N–H and O–H groups in total. The maximum atomic E-state index is 12.3. The van der Waals surface area contributed by atoms with Crippen molar-refractivity contribution in [3.63, 3.8) is 0 Å². The monoisotopic (exact) mass is 337 g/mol. The van der Waals surface area contributed by atoms with Gasteiger partial charge in [-0.25, -0.2) is 4.98 Å². The number of imidazole rings is 1. The van der Waals surface area contributed by atoms with Gasteiger partial charge in [-0.1, -0.05) is 29.8 Å². The van der Waals surface area contributed by atoms with Crippen LogP contribution in [0.3, 0.4) is 0 Å². The van der Waals surface area contributed by atoms with Crippen molar-refractivity contribution in [3.05, 3.63) is 65.5 Å². The smallest absolute Gasteiger partial charge is 0.325 e. The number of carbonyl (C=O) groups excluding carboxylic acids is 2. The molecule has 0 fully saturated rings. The Balaban J connectivity index is 1.84. The summed E-state index contributed by atoms with van der Waals surface area (Å²) in [6.45, 7) is 2.21. The third kappa shape index (κ3) is 3.68. The molecule has 128 valence electrons. The highest BCUT2D eigenvalue weighted by molar-refractivity contribution is 5.94.